The molecule has 0 atom stereocenters. The molecule has 0 amide bonds. The Balaban J connectivity index is 2.28. The van der Waals surface area contributed by atoms with Crippen LogP contribution in [0, 0.1) is 0 Å². The summed E-state index contributed by atoms with van der Waals surface area (Å²) in [7, 11) is 1.61. The second-order valence-electron chi connectivity index (χ2n) is 3.79. The summed E-state index contributed by atoms with van der Waals surface area (Å²) in [5.41, 5.74) is 1.56. The third kappa shape index (κ3) is 3.68. The maximum atomic E-state index is 12.3. The van der Waals surface area contributed by atoms with Crippen LogP contribution in [0.1, 0.15) is 15.9 Å². The van der Waals surface area contributed by atoms with Gasteiger partial charge in [0.15, 0.2) is 5.78 Å². The zero-order valence-corrected chi connectivity index (χ0v) is 15.4. The summed E-state index contributed by atoms with van der Waals surface area (Å²) < 4.78 is 7.99. The number of ketones is 1. The number of halogens is 3. The summed E-state index contributed by atoms with van der Waals surface area (Å²) in [6.45, 7) is 0. The molecule has 6 heteroatoms. The van der Waals surface area contributed by atoms with E-state index in [1.807, 2.05) is 24.3 Å². The third-order valence-corrected chi connectivity index (χ3v) is 5.38. The first-order valence-corrected chi connectivity index (χ1v) is 8.51. The monoisotopic (exact) mass is 466 g/mol. The van der Waals surface area contributed by atoms with Crippen molar-refractivity contribution in [1.29, 1.82) is 0 Å². The zero-order chi connectivity index (χ0) is 14.0. The Morgan fingerprint density at radius 1 is 1.26 bits per heavy atom. The number of thiophene rings is 1. The second kappa shape index (κ2) is 6.52. The van der Waals surface area contributed by atoms with Crippen LogP contribution in [0.4, 0.5) is 0 Å². The number of carbonyl (C=O) groups is 1. The fourth-order valence-corrected chi connectivity index (χ4v) is 4.95. The molecule has 0 saturated carbocycles. The van der Waals surface area contributed by atoms with Gasteiger partial charge in [0, 0.05) is 22.0 Å². The third-order valence-electron chi connectivity index (χ3n) is 2.55. The second-order valence-corrected chi connectivity index (χ2v) is 8.46. The highest BCUT2D eigenvalue weighted by Crippen LogP contribution is 2.33. The molecule has 19 heavy (non-hydrogen) atoms. The van der Waals surface area contributed by atoms with E-state index in [2.05, 4.69) is 47.8 Å². The predicted octanol–water partition coefficient (Wildman–Crippen LogP) is 5.47. The first-order valence-electron chi connectivity index (χ1n) is 5.31. The van der Waals surface area contributed by atoms with Gasteiger partial charge >= 0.3 is 0 Å². The van der Waals surface area contributed by atoms with Crippen LogP contribution in [-0.2, 0) is 6.42 Å². The number of hydrogen-bond donors (Lipinski definition) is 0. The molecule has 100 valence electrons. The highest BCUT2D eigenvalue weighted by molar-refractivity contribution is 9.12. The quantitative estimate of drug-likeness (QED) is 0.556. The number of hydrogen-bond acceptors (Lipinski definition) is 3. The van der Waals surface area contributed by atoms with Gasteiger partial charge in [-0.25, -0.2) is 0 Å². The minimum atomic E-state index is 0.0604. The molecule has 0 spiro atoms. The molecule has 1 aromatic carbocycles. The maximum absolute atomic E-state index is 12.3. The Bertz CT molecular complexity index is 622. The molecule has 0 aliphatic rings. The summed E-state index contributed by atoms with van der Waals surface area (Å²) in [5, 5.41) is 0. The van der Waals surface area contributed by atoms with Crippen molar-refractivity contribution >= 4 is 64.9 Å². The number of rotatable bonds is 4. The van der Waals surface area contributed by atoms with Gasteiger partial charge in [-0.05, 0) is 56.1 Å². The van der Waals surface area contributed by atoms with Crippen molar-refractivity contribution in [3.63, 3.8) is 0 Å². The molecule has 0 N–H and O–H groups in total. The molecule has 0 saturated heterocycles. The summed E-state index contributed by atoms with van der Waals surface area (Å²) >= 11 is 11.7. The lowest BCUT2D eigenvalue weighted by Crippen LogP contribution is -2.04. The van der Waals surface area contributed by atoms with Gasteiger partial charge in [0.25, 0.3) is 0 Å². The highest BCUT2D eigenvalue weighted by Gasteiger charge is 2.16. The standard InChI is InChI=1S/C13H9Br3O2S/c1-18-11-3-2-8(14)4-7(11)5-10(17)9-6-12(15)19-13(9)16/h2-4,6H,5H2,1H3. The first kappa shape index (κ1) is 15.2. The van der Waals surface area contributed by atoms with E-state index in [0.29, 0.717) is 12.0 Å². The lowest BCUT2D eigenvalue weighted by atomic mass is 10.0. The minimum absolute atomic E-state index is 0.0604. The Labute approximate surface area is 140 Å². The molecular weight excluding hydrogens is 460 g/mol. The van der Waals surface area contributed by atoms with Crippen LogP contribution < -0.4 is 4.74 Å². The van der Waals surface area contributed by atoms with Crippen LogP contribution >= 0.6 is 59.1 Å². The molecule has 2 rings (SSSR count). The molecule has 0 radical (unpaired) electrons. The smallest absolute Gasteiger partial charge is 0.169 e. The van der Waals surface area contributed by atoms with E-state index in [9.17, 15) is 4.79 Å². The van der Waals surface area contributed by atoms with Gasteiger partial charge in [-0.3, -0.25) is 4.79 Å². The Morgan fingerprint density at radius 2 is 2.00 bits per heavy atom. The normalized spacial score (nSPS) is 10.5. The van der Waals surface area contributed by atoms with Gasteiger partial charge in [0.2, 0.25) is 0 Å². The van der Waals surface area contributed by atoms with Gasteiger partial charge in [0.05, 0.1) is 14.7 Å². The Morgan fingerprint density at radius 3 is 2.58 bits per heavy atom. The lowest BCUT2D eigenvalue weighted by Gasteiger charge is -2.08. The van der Waals surface area contributed by atoms with E-state index < -0.39 is 0 Å². The molecule has 2 aromatic rings. The van der Waals surface area contributed by atoms with Crippen molar-refractivity contribution in [2.24, 2.45) is 0 Å². The van der Waals surface area contributed by atoms with Crippen LogP contribution in [0.15, 0.2) is 36.3 Å². The van der Waals surface area contributed by atoms with Crippen molar-refractivity contribution in [2.45, 2.75) is 6.42 Å². The molecule has 1 heterocycles. The van der Waals surface area contributed by atoms with Crippen LogP contribution in [0.5, 0.6) is 5.75 Å². The van der Waals surface area contributed by atoms with Gasteiger partial charge in [0.1, 0.15) is 5.75 Å². The SMILES string of the molecule is COc1ccc(Br)cc1CC(=O)c1cc(Br)sc1Br. The van der Waals surface area contributed by atoms with E-state index in [1.165, 1.54) is 11.3 Å². The highest BCUT2D eigenvalue weighted by atomic mass is 79.9. The molecule has 0 fully saturated rings. The topological polar surface area (TPSA) is 26.3 Å². The molecule has 0 aliphatic carbocycles. The molecule has 0 bridgehead atoms. The average molecular weight is 469 g/mol. The van der Waals surface area contributed by atoms with Gasteiger partial charge in [-0.15, -0.1) is 11.3 Å². The van der Waals surface area contributed by atoms with E-state index in [0.717, 1.165) is 23.4 Å². The molecule has 1 aromatic heterocycles. The Hall–Kier alpha value is -0.170. The van der Waals surface area contributed by atoms with E-state index in [-0.39, 0.29) is 5.78 Å². The van der Waals surface area contributed by atoms with E-state index >= 15 is 0 Å². The predicted molar refractivity (Wildman–Crippen MR) is 88.4 cm³/mol. The van der Waals surface area contributed by atoms with Crippen molar-refractivity contribution in [3.8, 4) is 5.75 Å². The summed E-state index contributed by atoms with van der Waals surface area (Å²) in [5.74, 6) is 0.784. The van der Waals surface area contributed by atoms with Crippen LogP contribution in [-0.4, -0.2) is 12.9 Å². The average Bonchev–Trinajstić information content (AvgIpc) is 2.69. The van der Waals surface area contributed by atoms with Crippen LogP contribution in [0.3, 0.4) is 0 Å². The summed E-state index contributed by atoms with van der Waals surface area (Å²) in [6.07, 6.45) is 0.310. The van der Waals surface area contributed by atoms with Gasteiger partial charge in [-0.2, -0.15) is 0 Å². The van der Waals surface area contributed by atoms with Gasteiger partial charge in [-0.1, -0.05) is 15.9 Å². The van der Waals surface area contributed by atoms with Crippen molar-refractivity contribution < 1.29 is 9.53 Å². The fraction of sp³-hybridized carbons (Fsp3) is 0.154. The van der Waals surface area contributed by atoms with E-state index in [1.54, 1.807) is 7.11 Å². The van der Waals surface area contributed by atoms with Crippen LogP contribution in [0.25, 0.3) is 0 Å². The van der Waals surface area contributed by atoms with Crippen molar-refractivity contribution in [1.82, 2.24) is 0 Å². The van der Waals surface area contributed by atoms with Crippen molar-refractivity contribution in [3.05, 3.63) is 47.4 Å². The van der Waals surface area contributed by atoms with E-state index in [4.69, 9.17) is 4.74 Å². The summed E-state index contributed by atoms with van der Waals surface area (Å²) in [6, 6.07) is 7.49. The number of methoxy groups -OCH3 is 1. The van der Waals surface area contributed by atoms with Gasteiger partial charge < -0.3 is 4.74 Å². The first-order chi connectivity index (χ1) is 9.01. The van der Waals surface area contributed by atoms with Crippen molar-refractivity contribution in [2.75, 3.05) is 7.11 Å². The zero-order valence-electron chi connectivity index (χ0n) is 9.88. The number of carbonyl (C=O) groups excluding carboxylic acids is 1. The molecule has 0 unspecified atom stereocenters. The fourth-order valence-electron chi connectivity index (χ4n) is 1.68. The minimum Gasteiger partial charge on any atom is -0.496 e. The molecule has 2 nitrogen and oxygen atoms in total. The number of benzene rings is 1. The molecular formula is C13H9Br3O2S. The van der Waals surface area contributed by atoms with Crippen LogP contribution in [0.2, 0.25) is 0 Å². The molecule has 0 aliphatic heterocycles. The Kier molecular flexibility index (Phi) is 5.22. The largest absolute Gasteiger partial charge is 0.496 e. The number of ether oxygens (including phenoxy) is 1. The number of Topliss-reactive ketones (excluding diaryl/α,β-unsaturated/α-hetero) is 1. The maximum Gasteiger partial charge on any atom is 0.169 e. The lowest BCUT2D eigenvalue weighted by molar-refractivity contribution is 0.0992. The summed E-state index contributed by atoms with van der Waals surface area (Å²) in [4.78, 5) is 12.3.